The summed E-state index contributed by atoms with van der Waals surface area (Å²) in [6, 6.07) is 18.2. The molecule has 4 aliphatic carbocycles. The van der Waals surface area contributed by atoms with Gasteiger partial charge in [0.1, 0.15) is 0 Å². The third-order valence-electron chi connectivity index (χ3n) is 12.0. The zero-order chi connectivity index (χ0) is 41.4. The normalized spacial score (nSPS) is 16.8. The van der Waals surface area contributed by atoms with Gasteiger partial charge in [0.05, 0.1) is 0 Å². The molecular weight excluding hydrogens is 919 g/mol. The molecule has 4 aliphatic rings. The van der Waals surface area contributed by atoms with Gasteiger partial charge in [0, 0.05) is 106 Å². The Morgan fingerprint density at radius 1 is 0.323 bits per heavy atom. The quantitative estimate of drug-likeness (QED) is 0.160. The van der Waals surface area contributed by atoms with Crippen molar-refractivity contribution in [2.45, 2.75) is 144 Å². The van der Waals surface area contributed by atoms with Crippen molar-refractivity contribution in [3.63, 3.8) is 0 Å². The third-order valence-corrected chi connectivity index (χ3v) is 12.0. The molecule has 16 heteroatoms. The Balaban J connectivity index is 0.000000484. The van der Waals surface area contributed by atoms with Gasteiger partial charge in [-0.25, -0.2) is 55.5 Å². The molecule has 0 aliphatic heterocycles. The second-order valence-electron chi connectivity index (χ2n) is 16.5. The fourth-order valence-electron chi connectivity index (χ4n) is 9.05. The molecule has 0 N–H and O–H groups in total. The summed E-state index contributed by atoms with van der Waals surface area (Å²) in [5.74, 6) is 3.58. The van der Waals surface area contributed by atoms with E-state index in [9.17, 15) is 0 Å². The van der Waals surface area contributed by atoms with Crippen LogP contribution < -0.4 is 55.5 Å². The van der Waals surface area contributed by atoms with Crippen LogP contribution in [0.1, 0.15) is 118 Å². The first-order valence-corrected chi connectivity index (χ1v) is 23.4. The van der Waals surface area contributed by atoms with Crippen molar-refractivity contribution in [3.8, 4) is 22.3 Å². The number of hydrogen-bond donors (Lipinski definition) is 0. The molecule has 8 rings (SSSR count). The van der Waals surface area contributed by atoms with Gasteiger partial charge in [-0.1, -0.05) is 66.2 Å². The van der Waals surface area contributed by atoms with E-state index in [4.69, 9.17) is 37.3 Å². The van der Waals surface area contributed by atoms with Crippen LogP contribution in [0.2, 0.25) is 0 Å². The van der Waals surface area contributed by atoms with Gasteiger partial charge in [0.15, 0.2) is 75.8 Å². The fraction of sp³-hybridized carbons (Fsp3) is 0.565. The maximum Gasteiger partial charge on any atom is 0.169 e. The van der Waals surface area contributed by atoms with E-state index in [0.717, 1.165) is 23.7 Å². The Morgan fingerprint density at radius 2 is 0.452 bits per heavy atom. The molecule has 0 radical (unpaired) electrons. The number of pyridine rings is 4. The van der Waals surface area contributed by atoms with E-state index >= 15 is 0 Å². The average Bonchev–Trinajstić information content (AvgIpc) is 4.03. The predicted octanol–water partition coefficient (Wildman–Crippen LogP) is 0.373. The summed E-state index contributed by atoms with van der Waals surface area (Å²) in [7, 11) is -9.89. The number of aromatic nitrogens is 4. The molecule has 4 saturated carbocycles. The Hall–Kier alpha value is -2.10. The molecular formula is C46H68Cl2Fe2N4O8+2. The van der Waals surface area contributed by atoms with Gasteiger partial charge in [-0.15, -0.1) is 20.5 Å². The molecule has 348 valence electrons. The second kappa shape index (κ2) is 29.4. The number of rotatable bonds is 10. The maximum absolute atomic E-state index is 8.49. The van der Waals surface area contributed by atoms with Gasteiger partial charge in [0.25, 0.3) is 0 Å². The molecule has 0 bridgehead atoms. The largest absolute Gasteiger partial charge is 0.222 e. The Kier molecular flexibility index (Phi) is 27.5. The third kappa shape index (κ3) is 23.2. The van der Waals surface area contributed by atoms with Crippen molar-refractivity contribution >= 4 is 0 Å². The van der Waals surface area contributed by atoms with Gasteiger partial charge >= 0.3 is 0 Å². The summed E-state index contributed by atoms with van der Waals surface area (Å²) in [6.45, 7) is 4.76. The summed E-state index contributed by atoms with van der Waals surface area (Å²) in [5.41, 5.74) is 5.30. The number of nitrogens with zero attached hydrogens (tertiary/aromatic N) is 4. The van der Waals surface area contributed by atoms with Crippen LogP contribution in [0.3, 0.4) is 0 Å². The fourth-order valence-corrected chi connectivity index (χ4v) is 9.05. The van der Waals surface area contributed by atoms with E-state index in [-0.39, 0.29) is 49.0 Å². The van der Waals surface area contributed by atoms with Gasteiger partial charge in [-0.3, -0.25) is 0 Å². The van der Waals surface area contributed by atoms with Gasteiger partial charge in [0.2, 0.25) is 0 Å². The molecule has 4 aromatic rings. The molecule has 0 unspecified atom stereocenters. The minimum Gasteiger partial charge on any atom is -0.222 e. The number of halogens is 2. The van der Waals surface area contributed by atoms with Crippen LogP contribution in [-0.4, -0.2) is 0 Å². The van der Waals surface area contributed by atoms with Crippen LogP contribution >= 0.6 is 0 Å². The van der Waals surface area contributed by atoms with E-state index in [1.165, 1.54) is 151 Å². The van der Waals surface area contributed by atoms with E-state index < -0.39 is 20.5 Å². The second-order valence-corrected chi connectivity index (χ2v) is 18.0. The van der Waals surface area contributed by atoms with Crippen molar-refractivity contribution in [2.75, 3.05) is 0 Å². The summed E-state index contributed by atoms with van der Waals surface area (Å²) in [4.78, 5) is 0. The molecule has 4 fully saturated rings. The number of hydrogen-bond acceptors (Lipinski definition) is 8. The Bertz CT molecular complexity index is 1480. The molecule has 0 amide bonds. The van der Waals surface area contributed by atoms with Crippen molar-refractivity contribution in [2.24, 2.45) is 23.7 Å². The topological polar surface area (TPSA) is 200 Å². The van der Waals surface area contributed by atoms with E-state index in [1.54, 1.807) is 0 Å². The summed E-state index contributed by atoms with van der Waals surface area (Å²) in [5, 5.41) is 0. The SMILES string of the molecule is C.C.[Fe].[Fe].[O-][Cl+3]([O-])([O-])[O-].[O-][Cl+3]([O-])([O-])[O-].c1c[n+](CC2CCCC2)ccc1-c1cc[n+](CC2CCCC2)cc1.c1c[n+](CC2CCCC2)ccc1-c1cc[n+](CC2CCCC2)cc1. The van der Waals surface area contributed by atoms with Crippen LogP contribution in [0.5, 0.6) is 0 Å². The van der Waals surface area contributed by atoms with E-state index in [2.05, 4.69) is 116 Å². The van der Waals surface area contributed by atoms with Crippen LogP contribution in [0, 0.1) is 44.2 Å². The molecule has 4 aromatic heterocycles. The van der Waals surface area contributed by atoms with Gasteiger partial charge in [-0.2, -0.15) is 0 Å². The van der Waals surface area contributed by atoms with Crippen molar-refractivity contribution in [1.82, 2.24) is 0 Å². The molecule has 0 atom stereocenters. The zero-order valence-corrected chi connectivity index (χ0v) is 37.9. The Morgan fingerprint density at radius 3 is 0.581 bits per heavy atom. The van der Waals surface area contributed by atoms with Crippen LogP contribution in [0.25, 0.3) is 22.3 Å². The zero-order valence-electron chi connectivity index (χ0n) is 34.2. The first-order valence-electron chi connectivity index (χ1n) is 20.9. The smallest absolute Gasteiger partial charge is 0.169 e. The molecule has 62 heavy (non-hydrogen) atoms. The Labute approximate surface area is 395 Å². The minimum atomic E-state index is -4.94. The van der Waals surface area contributed by atoms with Gasteiger partial charge in [-0.05, 0) is 73.6 Å². The summed E-state index contributed by atoms with van der Waals surface area (Å²) >= 11 is 0. The monoisotopic (exact) mass is 986 g/mol. The molecule has 0 aromatic carbocycles. The van der Waals surface area contributed by atoms with Crippen molar-refractivity contribution < 1.29 is 110 Å². The van der Waals surface area contributed by atoms with Crippen LogP contribution in [-0.2, 0) is 60.3 Å². The van der Waals surface area contributed by atoms with E-state index in [1.807, 2.05) is 0 Å². The van der Waals surface area contributed by atoms with Crippen LogP contribution in [0.4, 0.5) is 0 Å². The molecule has 0 spiro atoms. The first-order chi connectivity index (χ1) is 27.7. The summed E-state index contributed by atoms with van der Waals surface area (Å²) in [6.07, 6.45) is 40.7. The molecule has 12 nitrogen and oxygen atoms in total. The molecule has 4 heterocycles. The van der Waals surface area contributed by atoms with Gasteiger partial charge < -0.3 is 0 Å². The maximum atomic E-state index is 8.49. The first kappa shape index (κ1) is 57.9. The average molecular weight is 988 g/mol. The van der Waals surface area contributed by atoms with Crippen molar-refractivity contribution in [3.05, 3.63) is 98.1 Å². The van der Waals surface area contributed by atoms with E-state index in [0.29, 0.717) is 0 Å². The predicted molar refractivity (Wildman–Crippen MR) is 206 cm³/mol. The summed E-state index contributed by atoms with van der Waals surface area (Å²) < 4.78 is 77.4. The molecule has 0 saturated heterocycles. The van der Waals surface area contributed by atoms with Crippen molar-refractivity contribution in [1.29, 1.82) is 0 Å². The standard InChI is InChI=1S/2C22H30N2.2CH4.2ClHO4.2Fe/c2*1-2-6-19(5-1)17-23-13-9-21(10-14-23)22-11-15-24(16-12-22)18-20-7-3-4-8-20;;;2*2-1(3,4)5;;/h2*9-16,19-20H,1-8,17-18H2;2*1H4;2*(H,2,3,4,5);;/q2*+2;;;;;;/p-2. The van der Waals surface area contributed by atoms with Crippen LogP contribution in [0.15, 0.2) is 98.1 Å². The minimum absolute atomic E-state index is 0.